The second-order valence-electron chi connectivity index (χ2n) is 5.04. The zero-order chi connectivity index (χ0) is 13.0. The molecule has 1 aliphatic carbocycles. The van der Waals surface area contributed by atoms with Crippen molar-refractivity contribution in [3.63, 3.8) is 0 Å². The highest BCUT2D eigenvalue weighted by atomic mass is 16.5. The molecule has 0 saturated heterocycles. The second-order valence-corrected chi connectivity index (χ2v) is 5.04. The van der Waals surface area contributed by atoms with Crippen molar-refractivity contribution < 1.29 is 4.74 Å². The first kappa shape index (κ1) is 12.8. The van der Waals surface area contributed by atoms with Crippen molar-refractivity contribution in [3.8, 4) is 11.8 Å². The third-order valence-corrected chi connectivity index (χ3v) is 3.79. The van der Waals surface area contributed by atoms with Crippen LogP contribution in [0.1, 0.15) is 44.6 Å². The van der Waals surface area contributed by atoms with E-state index in [1.807, 2.05) is 0 Å². The van der Waals surface area contributed by atoms with Gasteiger partial charge in [0, 0.05) is 5.69 Å². The van der Waals surface area contributed by atoms with Crippen LogP contribution in [-0.4, -0.2) is 6.10 Å². The van der Waals surface area contributed by atoms with E-state index < -0.39 is 0 Å². The number of ether oxygens (including phenoxy) is 1. The summed E-state index contributed by atoms with van der Waals surface area (Å²) in [7, 11) is 0. The van der Waals surface area contributed by atoms with Crippen LogP contribution in [0.3, 0.4) is 0 Å². The van der Waals surface area contributed by atoms with Crippen molar-refractivity contribution in [3.05, 3.63) is 23.8 Å². The molecule has 1 saturated carbocycles. The van der Waals surface area contributed by atoms with Gasteiger partial charge in [-0.25, -0.2) is 0 Å². The molecule has 96 valence electrons. The average molecular weight is 244 g/mol. The van der Waals surface area contributed by atoms with Gasteiger partial charge < -0.3 is 10.5 Å². The molecule has 3 nitrogen and oxygen atoms in total. The fraction of sp³-hybridized carbons (Fsp3) is 0.533. The van der Waals surface area contributed by atoms with E-state index in [4.69, 9.17) is 15.7 Å². The van der Waals surface area contributed by atoms with Crippen molar-refractivity contribution in [1.29, 1.82) is 5.26 Å². The standard InChI is InChI=1S/C15H20N2O/c1-2-11-3-6-14(7-4-11)18-15-8-5-13(17)9-12(15)10-16/h5,8-9,11,14H,2-4,6-7,17H2,1H3. The Morgan fingerprint density at radius 3 is 2.67 bits per heavy atom. The molecule has 3 heteroatoms. The first-order valence-corrected chi connectivity index (χ1v) is 6.69. The molecule has 0 aliphatic heterocycles. The number of rotatable bonds is 3. The Balaban J connectivity index is 2.00. The Morgan fingerprint density at radius 1 is 1.33 bits per heavy atom. The smallest absolute Gasteiger partial charge is 0.137 e. The van der Waals surface area contributed by atoms with Crippen LogP contribution in [0.25, 0.3) is 0 Å². The van der Waals surface area contributed by atoms with Crippen LogP contribution in [0.15, 0.2) is 18.2 Å². The van der Waals surface area contributed by atoms with E-state index in [2.05, 4.69) is 13.0 Å². The number of anilines is 1. The van der Waals surface area contributed by atoms with Crippen molar-refractivity contribution >= 4 is 5.69 Å². The molecule has 0 atom stereocenters. The topological polar surface area (TPSA) is 59.0 Å². The van der Waals surface area contributed by atoms with Crippen LogP contribution in [0.5, 0.6) is 5.75 Å². The number of nitrogen functional groups attached to an aromatic ring is 1. The number of nitrogens with two attached hydrogens (primary N) is 1. The molecule has 2 rings (SSSR count). The van der Waals surface area contributed by atoms with E-state index in [9.17, 15) is 0 Å². The largest absolute Gasteiger partial charge is 0.489 e. The third kappa shape index (κ3) is 2.95. The summed E-state index contributed by atoms with van der Waals surface area (Å²) in [4.78, 5) is 0. The van der Waals surface area contributed by atoms with Crippen LogP contribution in [-0.2, 0) is 0 Å². The molecule has 0 bridgehead atoms. The van der Waals surface area contributed by atoms with Crippen LogP contribution in [0, 0.1) is 17.2 Å². The molecule has 0 spiro atoms. The fourth-order valence-corrected chi connectivity index (χ4v) is 2.58. The SMILES string of the molecule is CCC1CCC(Oc2ccc(N)cc2C#N)CC1. The lowest BCUT2D eigenvalue weighted by molar-refractivity contribution is 0.129. The van der Waals surface area contributed by atoms with Crippen LogP contribution in [0.4, 0.5) is 5.69 Å². The minimum Gasteiger partial charge on any atom is -0.489 e. The molecule has 2 N–H and O–H groups in total. The second kappa shape index (κ2) is 5.77. The molecule has 1 aromatic carbocycles. The van der Waals surface area contributed by atoms with Gasteiger partial charge in [0.2, 0.25) is 0 Å². The van der Waals surface area contributed by atoms with E-state index in [1.165, 1.54) is 19.3 Å². The van der Waals surface area contributed by atoms with Crippen molar-refractivity contribution in [2.24, 2.45) is 5.92 Å². The van der Waals surface area contributed by atoms with Gasteiger partial charge in [0.1, 0.15) is 11.8 Å². The van der Waals surface area contributed by atoms with Gasteiger partial charge in [0.15, 0.2) is 0 Å². The predicted octanol–water partition coefficient (Wildman–Crippen LogP) is 3.49. The van der Waals surface area contributed by atoms with E-state index in [0.29, 0.717) is 17.0 Å². The van der Waals surface area contributed by atoms with Crippen LogP contribution < -0.4 is 10.5 Å². The summed E-state index contributed by atoms with van der Waals surface area (Å²) in [6.07, 6.45) is 6.17. The van der Waals surface area contributed by atoms with E-state index in [1.54, 1.807) is 18.2 Å². The van der Waals surface area contributed by atoms with E-state index in [-0.39, 0.29) is 6.10 Å². The molecular formula is C15H20N2O. The van der Waals surface area contributed by atoms with E-state index >= 15 is 0 Å². The molecule has 1 aliphatic rings. The van der Waals surface area contributed by atoms with Crippen molar-refractivity contribution in [1.82, 2.24) is 0 Å². The summed E-state index contributed by atoms with van der Waals surface area (Å²) in [5.41, 5.74) is 6.81. The van der Waals surface area contributed by atoms with Crippen molar-refractivity contribution in [2.45, 2.75) is 45.1 Å². The molecule has 0 radical (unpaired) electrons. The highest BCUT2D eigenvalue weighted by molar-refractivity contribution is 5.53. The van der Waals surface area contributed by atoms with Gasteiger partial charge in [-0.1, -0.05) is 13.3 Å². The molecule has 18 heavy (non-hydrogen) atoms. The number of nitrogens with zero attached hydrogens (tertiary/aromatic N) is 1. The number of hydrogen-bond acceptors (Lipinski definition) is 3. The predicted molar refractivity (Wildman–Crippen MR) is 72.2 cm³/mol. The van der Waals surface area contributed by atoms with Crippen molar-refractivity contribution in [2.75, 3.05) is 5.73 Å². The first-order chi connectivity index (χ1) is 8.72. The molecule has 0 unspecified atom stereocenters. The van der Waals surface area contributed by atoms with Crippen LogP contribution >= 0.6 is 0 Å². The van der Waals surface area contributed by atoms with Gasteiger partial charge in [0.05, 0.1) is 11.7 Å². The summed E-state index contributed by atoms with van der Waals surface area (Å²) < 4.78 is 5.95. The summed E-state index contributed by atoms with van der Waals surface area (Å²) in [5, 5.41) is 9.07. The lowest BCUT2D eigenvalue weighted by Gasteiger charge is -2.28. The Hall–Kier alpha value is -1.69. The maximum atomic E-state index is 9.07. The third-order valence-electron chi connectivity index (χ3n) is 3.79. The minimum atomic E-state index is 0.253. The monoisotopic (exact) mass is 244 g/mol. The Bertz CT molecular complexity index is 442. The molecular weight excluding hydrogens is 224 g/mol. The summed E-state index contributed by atoms with van der Waals surface area (Å²) in [5.74, 6) is 1.53. The Morgan fingerprint density at radius 2 is 2.06 bits per heavy atom. The van der Waals surface area contributed by atoms with Gasteiger partial charge in [-0.2, -0.15) is 5.26 Å². The zero-order valence-electron chi connectivity index (χ0n) is 10.9. The highest BCUT2D eigenvalue weighted by Gasteiger charge is 2.21. The molecule has 0 amide bonds. The van der Waals surface area contributed by atoms with Crippen LogP contribution in [0.2, 0.25) is 0 Å². The number of hydrogen-bond donors (Lipinski definition) is 1. The maximum absolute atomic E-state index is 9.07. The normalized spacial score (nSPS) is 23.3. The quantitative estimate of drug-likeness (QED) is 0.828. The number of benzene rings is 1. The van der Waals surface area contributed by atoms with Gasteiger partial charge in [0.25, 0.3) is 0 Å². The fourth-order valence-electron chi connectivity index (χ4n) is 2.58. The van der Waals surface area contributed by atoms with Gasteiger partial charge >= 0.3 is 0 Å². The minimum absolute atomic E-state index is 0.253. The van der Waals surface area contributed by atoms with Gasteiger partial charge in [-0.15, -0.1) is 0 Å². The average Bonchev–Trinajstić information content (AvgIpc) is 2.41. The lowest BCUT2D eigenvalue weighted by Crippen LogP contribution is -2.24. The Kier molecular flexibility index (Phi) is 4.09. The summed E-state index contributed by atoms with van der Waals surface area (Å²) >= 11 is 0. The van der Waals surface area contributed by atoms with Gasteiger partial charge in [-0.3, -0.25) is 0 Å². The summed E-state index contributed by atoms with van der Waals surface area (Å²) in [6.45, 7) is 2.25. The molecule has 1 aromatic rings. The van der Waals surface area contributed by atoms with E-state index in [0.717, 1.165) is 18.8 Å². The Labute approximate surface area is 109 Å². The maximum Gasteiger partial charge on any atom is 0.137 e. The summed E-state index contributed by atoms with van der Waals surface area (Å²) in [6, 6.07) is 7.41. The first-order valence-electron chi connectivity index (χ1n) is 6.69. The molecule has 0 aromatic heterocycles. The zero-order valence-corrected chi connectivity index (χ0v) is 10.9. The number of nitriles is 1. The molecule has 1 fully saturated rings. The highest BCUT2D eigenvalue weighted by Crippen LogP contribution is 2.30. The van der Waals surface area contributed by atoms with Gasteiger partial charge in [-0.05, 0) is 49.8 Å². The molecule has 0 heterocycles. The lowest BCUT2D eigenvalue weighted by atomic mass is 9.86.